The minimum atomic E-state index is -2.32. The molecule has 0 bridgehead atoms. The fourth-order valence-corrected chi connectivity index (χ4v) is 3.12. The maximum atomic E-state index is 13.0. The van der Waals surface area contributed by atoms with Crippen LogP contribution in [0.5, 0.6) is 5.75 Å². The highest BCUT2D eigenvalue weighted by Crippen LogP contribution is 2.30. The molecule has 0 amide bonds. The topological polar surface area (TPSA) is 35.5 Å². The molecule has 0 unspecified atom stereocenters. The first-order valence-electron chi connectivity index (χ1n) is 7.59. The number of nitrogens with one attached hydrogen (secondary N) is 1. The zero-order valence-electron chi connectivity index (χ0n) is 12.3. The SMILES string of the molecule is Oc1ccc2cc([C@@H](CC(F)F)N3CCNCC3)ccc2c1. The summed E-state index contributed by atoms with van der Waals surface area (Å²) in [5.41, 5.74) is 0.917. The smallest absolute Gasteiger partial charge is 0.240 e. The van der Waals surface area contributed by atoms with E-state index in [1.165, 1.54) is 0 Å². The van der Waals surface area contributed by atoms with Crippen molar-refractivity contribution in [1.82, 2.24) is 10.2 Å². The quantitative estimate of drug-likeness (QED) is 0.911. The van der Waals surface area contributed by atoms with Crippen LogP contribution in [-0.4, -0.2) is 42.6 Å². The average molecular weight is 306 g/mol. The minimum absolute atomic E-state index is 0.149. The molecule has 1 saturated heterocycles. The number of benzene rings is 2. The first-order chi connectivity index (χ1) is 10.6. The van der Waals surface area contributed by atoms with Gasteiger partial charge >= 0.3 is 0 Å². The summed E-state index contributed by atoms with van der Waals surface area (Å²) in [6.45, 7) is 3.23. The number of rotatable bonds is 4. The van der Waals surface area contributed by atoms with E-state index in [0.29, 0.717) is 0 Å². The maximum absolute atomic E-state index is 13.0. The van der Waals surface area contributed by atoms with E-state index in [1.807, 2.05) is 24.3 Å². The molecule has 3 nitrogen and oxygen atoms in total. The van der Waals surface area contributed by atoms with Crippen LogP contribution in [0.25, 0.3) is 10.8 Å². The number of hydrogen-bond donors (Lipinski definition) is 2. The number of halogens is 2. The Morgan fingerprint density at radius 1 is 1.05 bits per heavy atom. The van der Waals surface area contributed by atoms with E-state index in [9.17, 15) is 13.9 Å². The summed E-state index contributed by atoms with van der Waals surface area (Å²) >= 11 is 0. The van der Waals surface area contributed by atoms with E-state index in [2.05, 4.69) is 10.2 Å². The third-order valence-electron chi connectivity index (χ3n) is 4.23. The highest BCUT2D eigenvalue weighted by Gasteiger charge is 2.25. The third-order valence-corrected chi connectivity index (χ3v) is 4.23. The summed E-state index contributed by atoms with van der Waals surface area (Å²) in [6.07, 6.45) is -2.47. The van der Waals surface area contributed by atoms with Crippen molar-refractivity contribution in [1.29, 1.82) is 0 Å². The van der Waals surface area contributed by atoms with E-state index in [1.54, 1.807) is 12.1 Å². The van der Waals surface area contributed by atoms with Gasteiger partial charge in [0.1, 0.15) is 5.75 Å². The van der Waals surface area contributed by atoms with Gasteiger partial charge in [-0.05, 0) is 34.5 Å². The molecule has 1 fully saturated rings. The number of alkyl halides is 2. The molecule has 1 heterocycles. The number of phenolic OH excluding ortho intramolecular Hbond substituents is 1. The Hall–Kier alpha value is -1.72. The zero-order chi connectivity index (χ0) is 15.5. The summed E-state index contributed by atoms with van der Waals surface area (Å²) in [7, 11) is 0. The lowest BCUT2D eigenvalue weighted by Gasteiger charge is -2.35. The largest absolute Gasteiger partial charge is 0.508 e. The second kappa shape index (κ2) is 6.58. The summed E-state index contributed by atoms with van der Waals surface area (Å²) in [6, 6.07) is 10.6. The molecule has 0 radical (unpaired) electrons. The van der Waals surface area contributed by atoms with Crippen molar-refractivity contribution < 1.29 is 13.9 Å². The Balaban J connectivity index is 1.93. The molecule has 2 aromatic rings. The molecule has 1 aliphatic rings. The van der Waals surface area contributed by atoms with E-state index in [4.69, 9.17) is 0 Å². The van der Waals surface area contributed by atoms with Crippen molar-refractivity contribution in [2.75, 3.05) is 26.2 Å². The predicted molar refractivity (Wildman–Crippen MR) is 83.4 cm³/mol. The number of hydrogen-bond acceptors (Lipinski definition) is 3. The van der Waals surface area contributed by atoms with Gasteiger partial charge in [-0.3, -0.25) is 4.90 Å². The second-order valence-corrected chi connectivity index (χ2v) is 5.72. The molecule has 0 aromatic heterocycles. The molecule has 22 heavy (non-hydrogen) atoms. The molecule has 3 rings (SSSR count). The fraction of sp³-hybridized carbons (Fsp3) is 0.412. The van der Waals surface area contributed by atoms with Gasteiger partial charge in [-0.15, -0.1) is 0 Å². The van der Waals surface area contributed by atoms with Gasteiger partial charge in [0.2, 0.25) is 6.43 Å². The Kier molecular flexibility index (Phi) is 4.55. The minimum Gasteiger partial charge on any atom is -0.508 e. The van der Waals surface area contributed by atoms with Crippen LogP contribution in [0.1, 0.15) is 18.0 Å². The first-order valence-corrected chi connectivity index (χ1v) is 7.59. The number of fused-ring (bicyclic) bond motifs is 1. The Morgan fingerprint density at radius 3 is 2.45 bits per heavy atom. The zero-order valence-corrected chi connectivity index (χ0v) is 12.3. The van der Waals surface area contributed by atoms with Gasteiger partial charge in [-0.2, -0.15) is 0 Å². The monoisotopic (exact) mass is 306 g/mol. The van der Waals surface area contributed by atoms with E-state index in [-0.39, 0.29) is 18.2 Å². The van der Waals surface area contributed by atoms with Gasteiger partial charge in [0.25, 0.3) is 0 Å². The van der Waals surface area contributed by atoms with Gasteiger partial charge in [0, 0.05) is 38.6 Å². The molecule has 118 valence electrons. The van der Waals surface area contributed by atoms with E-state index >= 15 is 0 Å². The lowest BCUT2D eigenvalue weighted by Crippen LogP contribution is -2.45. The molecule has 1 atom stereocenters. The number of phenols is 1. The summed E-state index contributed by atoms with van der Waals surface area (Å²) < 4.78 is 26.0. The highest BCUT2D eigenvalue weighted by atomic mass is 19.3. The van der Waals surface area contributed by atoms with Gasteiger partial charge in [-0.1, -0.05) is 18.2 Å². The van der Waals surface area contributed by atoms with Gasteiger partial charge in [-0.25, -0.2) is 8.78 Å². The van der Waals surface area contributed by atoms with Crippen LogP contribution >= 0.6 is 0 Å². The molecule has 0 saturated carbocycles. The van der Waals surface area contributed by atoms with Gasteiger partial charge < -0.3 is 10.4 Å². The van der Waals surface area contributed by atoms with E-state index in [0.717, 1.165) is 42.5 Å². The molecular formula is C17H20F2N2O. The number of nitrogens with zero attached hydrogens (tertiary/aromatic N) is 1. The lowest BCUT2D eigenvalue weighted by atomic mass is 9.98. The third kappa shape index (κ3) is 3.36. The highest BCUT2D eigenvalue weighted by molar-refractivity contribution is 5.84. The molecule has 1 aliphatic heterocycles. The van der Waals surface area contributed by atoms with Crippen molar-refractivity contribution >= 4 is 10.8 Å². The van der Waals surface area contributed by atoms with E-state index < -0.39 is 6.43 Å². The van der Waals surface area contributed by atoms with Crippen LogP contribution in [-0.2, 0) is 0 Å². The van der Waals surface area contributed by atoms with Crippen molar-refractivity contribution in [3.63, 3.8) is 0 Å². The normalized spacial score (nSPS) is 18.0. The molecule has 2 N–H and O–H groups in total. The van der Waals surface area contributed by atoms with Crippen LogP contribution in [0, 0.1) is 0 Å². The van der Waals surface area contributed by atoms with Crippen molar-refractivity contribution in [2.45, 2.75) is 18.9 Å². The van der Waals surface area contributed by atoms with Crippen molar-refractivity contribution in [2.24, 2.45) is 0 Å². The Morgan fingerprint density at radius 2 is 1.73 bits per heavy atom. The first kappa shape index (κ1) is 15.2. The van der Waals surface area contributed by atoms with Gasteiger partial charge in [0.05, 0.1) is 0 Å². The predicted octanol–water partition coefficient (Wildman–Crippen LogP) is 3.15. The van der Waals surface area contributed by atoms with Crippen LogP contribution in [0.15, 0.2) is 36.4 Å². The lowest BCUT2D eigenvalue weighted by molar-refractivity contribution is 0.0740. The fourth-order valence-electron chi connectivity index (χ4n) is 3.12. The summed E-state index contributed by atoms with van der Waals surface area (Å²) in [4.78, 5) is 2.13. The Labute approximate surface area is 128 Å². The molecule has 2 aromatic carbocycles. The summed E-state index contributed by atoms with van der Waals surface area (Å²) in [5, 5.41) is 14.6. The van der Waals surface area contributed by atoms with Crippen molar-refractivity contribution in [3.05, 3.63) is 42.0 Å². The summed E-state index contributed by atoms with van der Waals surface area (Å²) in [5.74, 6) is 0.214. The number of aromatic hydroxyl groups is 1. The van der Waals surface area contributed by atoms with Crippen LogP contribution in [0.2, 0.25) is 0 Å². The van der Waals surface area contributed by atoms with Crippen LogP contribution in [0.3, 0.4) is 0 Å². The number of piperazine rings is 1. The molecule has 5 heteroatoms. The second-order valence-electron chi connectivity index (χ2n) is 5.72. The molecular weight excluding hydrogens is 286 g/mol. The molecule has 0 aliphatic carbocycles. The standard InChI is InChI=1S/C17H20F2N2O/c18-17(19)11-16(21-7-5-20-6-8-21)14-2-1-13-10-15(22)4-3-12(13)9-14/h1-4,9-10,16-17,20,22H,5-8,11H2/t16-/m1/s1. The molecule has 0 spiro atoms. The average Bonchev–Trinajstić information content (AvgIpc) is 2.53. The van der Waals surface area contributed by atoms with Crippen LogP contribution < -0.4 is 5.32 Å². The van der Waals surface area contributed by atoms with Crippen LogP contribution in [0.4, 0.5) is 8.78 Å². The maximum Gasteiger partial charge on any atom is 0.240 e. The van der Waals surface area contributed by atoms with Crippen molar-refractivity contribution in [3.8, 4) is 5.75 Å². The van der Waals surface area contributed by atoms with Gasteiger partial charge in [0.15, 0.2) is 0 Å². The Bertz CT molecular complexity index is 642.